The first-order valence-corrected chi connectivity index (χ1v) is 9.79. The van der Waals surface area contributed by atoms with E-state index < -0.39 is 0 Å². The maximum Gasteiger partial charge on any atom is 0.329 e. The molecular weight excluding hydrogens is 380 g/mol. The van der Waals surface area contributed by atoms with E-state index in [1.807, 2.05) is 12.1 Å². The molecule has 28 heavy (non-hydrogen) atoms. The molecule has 2 aliphatic carbocycles. The van der Waals surface area contributed by atoms with Crippen molar-refractivity contribution in [3.63, 3.8) is 0 Å². The summed E-state index contributed by atoms with van der Waals surface area (Å²) in [5.41, 5.74) is 2.75. The highest BCUT2D eigenvalue weighted by molar-refractivity contribution is 6.31. The largest absolute Gasteiger partial charge is 0.423 e. The number of rotatable bonds is 3. The number of oxazole rings is 1. The van der Waals surface area contributed by atoms with E-state index in [1.54, 1.807) is 23.0 Å². The summed E-state index contributed by atoms with van der Waals surface area (Å²) in [5, 5.41) is 3.94. The number of hydrogen-bond donors (Lipinski definition) is 2. The van der Waals surface area contributed by atoms with Crippen LogP contribution in [0.3, 0.4) is 0 Å². The van der Waals surface area contributed by atoms with E-state index in [4.69, 9.17) is 16.0 Å². The summed E-state index contributed by atoms with van der Waals surface area (Å²) in [5.74, 6) is 0. The van der Waals surface area contributed by atoms with Gasteiger partial charge in [-0.3, -0.25) is 9.55 Å². The van der Waals surface area contributed by atoms with E-state index in [-0.39, 0.29) is 5.69 Å². The third-order valence-corrected chi connectivity index (χ3v) is 5.28. The number of fused-ring (bicyclic) bond motifs is 2. The zero-order chi connectivity index (χ0) is 19.1. The second-order valence-electron chi connectivity index (χ2n) is 7.16. The highest BCUT2D eigenvalue weighted by Gasteiger charge is 2.27. The van der Waals surface area contributed by atoms with Gasteiger partial charge >= 0.3 is 5.69 Å². The van der Waals surface area contributed by atoms with Crippen molar-refractivity contribution in [1.29, 1.82) is 0 Å². The first-order chi connectivity index (χ1) is 13.7. The van der Waals surface area contributed by atoms with Crippen molar-refractivity contribution in [3.8, 4) is 0 Å². The lowest BCUT2D eigenvalue weighted by Crippen LogP contribution is -2.26. The van der Waals surface area contributed by atoms with Crippen LogP contribution in [0.1, 0.15) is 38.1 Å². The monoisotopic (exact) mass is 398 g/mol. The number of H-pyrrole nitrogens is 1. The van der Waals surface area contributed by atoms with Crippen LogP contribution in [0.15, 0.2) is 39.8 Å². The zero-order valence-electron chi connectivity index (χ0n) is 15.1. The molecule has 4 aromatic rings. The van der Waals surface area contributed by atoms with Gasteiger partial charge < -0.3 is 9.73 Å². The number of hydrogen-bond acceptors (Lipinski definition) is 6. The fourth-order valence-electron chi connectivity index (χ4n) is 3.21. The molecule has 0 bridgehead atoms. The van der Waals surface area contributed by atoms with Gasteiger partial charge in [0.05, 0.1) is 0 Å². The predicted octanol–water partition coefficient (Wildman–Crippen LogP) is 3.90. The van der Waals surface area contributed by atoms with E-state index in [9.17, 15) is 4.79 Å². The van der Waals surface area contributed by atoms with Gasteiger partial charge in [-0.1, -0.05) is 11.6 Å². The summed E-state index contributed by atoms with van der Waals surface area (Å²) in [6.45, 7) is 0. The molecule has 3 heterocycles. The third kappa shape index (κ3) is 3.35. The molecule has 6 rings (SSSR count). The Labute approximate surface area is 165 Å². The van der Waals surface area contributed by atoms with Crippen molar-refractivity contribution >= 4 is 40.0 Å². The Kier molecular flexibility index (Phi) is 4.27. The van der Waals surface area contributed by atoms with Gasteiger partial charge in [-0.05, 0) is 44.2 Å². The van der Waals surface area contributed by atoms with Crippen molar-refractivity contribution < 1.29 is 4.42 Å². The van der Waals surface area contributed by atoms with Crippen molar-refractivity contribution in [3.05, 3.63) is 46.1 Å². The normalized spacial score (nSPS) is 16.6. The van der Waals surface area contributed by atoms with E-state index in [2.05, 4.69) is 25.3 Å². The second-order valence-corrected chi connectivity index (χ2v) is 7.60. The van der Waals surface area contributed by atoms with Gasteiger partial charge in [0.15, 0.2) is 16.9 Å². The molecule has 0 radical (unpaired) electrons. The van der Waals surface area contributed by atoms with Crippen LogP contribution < -0.4 is 11.0 Å². The van der Waals surface area contributed by atoms with Crippen molar-refractivity contribution in [2.75, 3.05) is 5.32 Å². The van der Waals surface area contributed by atoms with Crippen LogP contribution in [0, 0.1) is 0 Å². The maximum absolute atomic E-state index is 11.4. The van der Waals surface area contributed by atoms with Gasteiger partial charge in [0.1, 0.15) is 5.52 Å². The standard InChI is InChI=1S/C11H11ClN2O.C8H8N4O/c12-7-4-5-9-10(6-7)15-11(14-9)13-8-2-1-3-8;13-8-11-6-7(10-4-3-9-6)12(8)5-1-2-5/h4-6,8H,1-3H2,(H,13,14);3-5H,1-2H2,(H,9,11,13). The van der Waals surface area contributed by atoms with E-state index in [0.29, 0.717) is 34.4 Å². The Morgan fingerprint density at radius 2 is 2.00 bits per heavy atom. The topological polar surface area (TPSA) is 102 Å². The number of anilines is 1. The second kappa shape index (κ2) is 6.94. The van der Waals surface area contributed by atoms with Gasteiger partial charge in [0, 0.05) is 35.6 Å². The molecule has 0 saturated heterocycles. The third-order valence-electron chi connectivity index (χ3n) is 5.05. The van der Waals surface area contributed by atoms with Crippen LogP contribution in [-0.2, 0) is 0 Å². The Bertz CT molecular complexity index is 1190. The van der Waals surface area contributed by atoms with Gasteiger partial charge in [-0.2, -0.15) is 4.98 Å². The van der Waals surface area contributed by atoms with Crippen molar-refractivity contribution in [1.82, 2.24) is 24.5 Å². The number of imidazole rings is 1. The summed E-state index contributed by atoms with van der Waals surface area (Å²) in [6, 6.07) is 6.96. The number of nitrogens with one attached hydrogen (secondary N) is 2. The molecule has 2 N–H and O–H groups in total. The molecule has 9 heteroatoms. The van der Waals surface area contributed by atoms with E-state index in [0.717, 1.165) is 23.9 Å². The van der Waals surface area contributed by atoms with Crippen LogP contribution in [-0.4, -0.2) is 30.5 Å². The summed E-state index contributed by atoms with van der Waals surface area (Å²) < 4.78 is 7.25. The van der Waals surface area contributed by atoms with Gasteiger partial charge in [-0.25, -0.2) is 14.8 Å². The molecular formula is C19H19ClN6O2. The molecule has 0 aliphatic heterocycles. The lowest BCUT2D eigenvalue weighted by atomic mass is 9.93. The molecule has 2 aliphatic rings. The Morgan fingerprint density at radius 3 is 2.75 bits per heavy atom. The maximum atomic E-state index is 11.4. The fraction of sp³-hybridized carbons (Fsp3) is 0.368. The molecule has 0 unspecified atom stereocenters. The first-order valence-electron chi connectivity index (χ1n) is 9.41. The minimum absolute atomic E-state index is 0.0938. The smallest absolute Gasteiger partial charge is 0.329 e. The predicted molar refractivity (Wildman–Crippen MR) is 107 cm³/mol. The first kappa shape index (κ1) is 17.2. The minimum Gasteiger partial charge on any atom is -0.423 e. The Morgan fingerprint density at radius 1 is 1.18 bits per heavy atom. The quantitative estimate of drug-likeness (QED) is 0.542. The Balaban J connectivity index is 0.000000123. The molecule has 144 valence electrons. The number of benzene rings is 1. The molecule has 2 fully saturated rings. The summed E-state index contributed by atoms with van der Waals surface area (Å²) in [4.78, 5) is 26.6. The van der Waals surface area contributed by atoms with Gasteiger partial charge in [0.25, 0.3) is 6.01 Å². The number of nitrogens with zero attached hydrogens (tertiary/aromatic N) is 4. The van der Waals surface area contributed by atoms with Gasteiger partial charge in [-0.15, -0.1) is 0 Å². The lowest BCUT2D eigenvalue weighted by molar-refractivity contribution is 0.432. The van der Waals surface area contributed by atoms with Gasteiger partial charge in [0.2, 0.25) is 0 Å². The minimum atomic E-state index is -0.0938. The van der Waals surface area contributed by atoms with E-state index in [1.165, 1.54) is 19.3 Å². The average Bonchev–Trinajstić information content (AvgIpc) is 3.30. The summed E-state index contributed by atoms with van der Waals surface area (Å²) >= 11 is 5.86. The Hall–Kier alpha value is -2.87. The van der Waals surface area contributed by atoms with Crippen LogP contribution in [0.4, 0.5) is 6.01 Å². The number of aromatic nitrogens is 5. The lowest BCUT2D eigenvalue weighted by Gasteiger charge is -2.25. The van der Waals surface area contributed by atoms with Crippen LogP contribution in [0.2, 0.25) is 5.02 Å². The molecule has 3 aromatic heterocycles. The molecule has 2 saturated carbocycles. The molecule has 0 amide bonds. The highest BCUT2D eigenvalue weighted by Crippen LogP contribution is 2.34. The SMILES string of the molecule is Clc1ccc2nc(NC3CCC3)oc2c1.O=c1[nH]c2nccnc2n1C1CC1. The van der Waals surface area contributed by atoms with Crippen molar-refractivity contribution in [2.45, 2.75) is 44.2 Å². The van der Waals surface area contributed by atoms with E-state index >= 15 is 0 Å². The molecule has 1 aromatic carbocycles. The fourth-order valence-corrected chi connectivity index (χ4v) is 3.37. The molecule has 0 atom stereocenters. The number of halogens is 1. The highest BCUT2D eigenvalue weighted by atomic mass is 35.5. The molecule has 8 nitrogen and oxygen atoms in total. The van der Waals surface area contributed by atoms with Crippen LogP contribution in [0.25, 0.3) is 22.4 Å². The zero-order valence-corrected chi connectivity index (χ0v) is 15.8. The van der Waals surface area contributed by atoms with Crippen LogP contribution in [0.5, 0.6) is 0 Å². The molecule has 0 spiro atoms. The number of aromatic amines is 1. The summed E-state index contributed by atoms with van der Waals surface area (Å²) in [6.07, 6.45) is 9.04. The average molecular weight is 399 g/mol. The summed E-state index contributed by atoms with van der Waals surface area (Å²) in [7, 11) is 0. The van der Waals surface area contributed by atoms with Crippen LogP contribution >= 0.6 is 11.6 Å². The van der Waals surface area contributed by atoms with Crippen molar-refractivity contribution in [2.24, 2.45) is 0 Å².